The molecule has 7 nitrogen and oxygen atoms in total. The molecule has 3 saturated heterocycles. The van der Waals surface area contributed by atoms with Crippen LogP contribution in [0.15, 0.2) is 0 Å². The van der Waals surface area contributed by atoms with E-state index in [2.05, 4.69) is 16.0 Å². The molecule has 8 heteroatoms. The summed E-state index contributed by atoms with van der Waals surface area (Å²) in [7, 11) is 0. The number of amides is 4. The molecule has 3 atom stereocenters. The van der Waals surface area contributed by atoms with Crippen LogP contribution in [0.3, 0.4) is 0 Å². The summed E-state index contributed by atoms with van der Waals surface area (Å²) in [5.74, 6) is -0.280. The third-order valence-corrected chi connectivity index (χ3v) is 5.83. The van der Waals surface area contributed by atoms with Gasteiger partial charge in [-0.1, -0.05) is 0 Å². The summed E-state index contributed by atoms with van der Waals surface area (Å²) in [6, 6.07) is 0.699. The van der Waals surface area contributed by atoms with Gasteiger partial charge in [0.1, 0.15) is 12.1 Å². The Hall–Kier alpha value is -1.34. The molecular weight excluding hydrogens is 332 g/mol. The molecule has 3 N–H and O–H groups in total. The summed E-state index contributed by atoms with van der Waals surface area (Å²) in [6.45, 7) is 1.60. The number of rotatable bonds is 4. The number of nitrogens with zero attached hydrogens (tertiary/aromatic N) is 1. The standard InChI is InChI=1S/C16H24N4O3.ClH/c1-16(9-2-3-9)14(22)20(15(23)19-16)8-13(21)18-12-6-10-4-5-11(7-12)17-10;/h9-12,17H,2-8H2,1H3,(H,18,21)(H,19,23);1H. The quantitative estimate of drug-likeness (QED) is 0.641. The van der Waals surface area contributed by atoms with Crippen molar-refractivity contribution in [3.05, 3.63) is 0 Å². The summed E-state index contributed by atoms with van der Waals surface area (Å²) in [4.78, 5) is 37.9. The molecule has 4 amide bonds. The number of nitrogens with one attached hydrogen (secondary N) is 3. The van der Waals surface area contributed by atoms with Crippen molar-refractivity contribution >= 4 is 30.3 Å². The first kappa shape index (κ1) is 17.5. The molecule has 0 aromatic rings. The molecule has 0 spiro atoms. The predicted molar refractivity (Wildman–Crippen MR) is 89.7 cm³/mol. The number of hydrogen-bond donors (Lipinski definition) is 3. The summed E-state index contributed by atoms with van der Waals surface area (Å²) in [6.07, 6.45) is 6.12. The van der Waals surface area contributed by atoms with E-state index >= 15 is 0 Å². The zero-order valence-corrected chi connectivity index (χ0v) is 14.7. The van der Waals surface area contributed by atoms with Gasteiger partial charge in [0, 0.05) is 18.1 Å². The van der Waals surface area contributed by atoms with E-state index in [-0.39, 0.29) is 42.7 Å². The van der Waals surface area contributed by atoms with Crippen molar-refractivity contribution in [3.63, 3.8) is 0 Å². The second kappa shape index (κ2) is 6.19. The Morgan fingerprint density at radius 1 is 1.21 bits per heavy atom. The lowest BCUT2D eigenvalue weighted by atomic mass is 9.96. The van der Waals surface area contributed by atoms with Gasteiger partial charge in [-0.25, -0.2) is 4.79 Å². The fourth-order valence-electron chi connectivity index (χ4n) is 4.39. The molecule has 3 unspecified atom stereocenters. The van der Waals surface area contributed by atoms with E-state index in [4.69, 9.17) is 0 Å². The van der Waals surface area contributed by atoms with Crippen molar-refractivity contribution in [3.8, 4) is 0 Å². The lowest BCUT2D eigenvalue weighted by molar-refractivity contribution is -0.135. The summed E-state index contributed by atoms with van der Waals surface area (Å²) in [5.41, 5.74) is -0.814. The van der Waals surface area contributed by atoms with Gasteiger partial charge in [0.2, 0.25) is 5.91 Å². The number of urea groups is 1. The van der Waals surface area contributed by atoms with Crippen LogP contribution >= 0.6 is 12.4 Å². The van der Waals surface area contributed by atoms with Gasteiger partial charge >= 0.3 is 6.03 Å². The summed E-state index contributed by atoms with van der Waals surface area (Å²) in [5, 5.41) is 9.31. The van der Waals surface area contributed by atoms with Crippen molar-refractivity contribution in [2.75, 3.05) is 6.54 Å². The Morgan fingerprint density at radius 2 is 1.83 bits per heavy atom. The Bertz CT molecular complexity index is 556. The fraction of sp³-hybridized carbons (Fsp3) is 0.812. The lowest BCUT2D eigenvalue weighted by Gasteiger charge is -2.30. The molecule has 1 saturated carbocycles. The molecule has 4 rings (SSSR count). The number of piperidine rings is 1. The highest BCUT2D eigenvalue weighted by Crippen LogP contribution is 2.42. The fourth-order valence-corrected chi connectivity index (χ4v) is 4.39. The van der Waals surface area contributed by atoms with E-state index in [9.17, 15) is 14.4 Å². The van der Waals surface area contributed by atoms with Crippen molar-refractivity contribution in [1.82, 2.24) is 20.9 Å². The highest BCUT2D eigenvalue weighted by Gasteiger charge is 2.56. The SMILES string of the molecule is CC1(C2CC2)NC(=O)N(CC(=O)NC2CC3CCC(C2)N3)C1=O.Cl. The predicted octanol–water partition coefficient (Wildman–Crippen LogP) is 0.528. The molecular formula is C16H25ClN4O3. The van der Waals surface area contributed by atoms with Crippen LogP contribution in [0.2, 0.25) is 0 Å². The van der Waals surface area contributed by atoms with Gasteiger partial charge in [-0.2, -0.15) is 0 Å². The van der Waals surface area contributed by atoms with Gasteiger partial charge < -0.3 is 16.0 Å². The topological polar surface area (TPSA) is 90.5 Å². The maximum absolute atomic E-state index is 12.5. The molecule has 4 aliphatic rings. The lowest BCUT2D eigenvalue weighted by Crippen LogP contribution is -2.51. The van der Waals surface area contributed by atoms with E-state index < -0.39 is 11.6 Å². The third kappa shape index (κ3) is 2.99. The van der Waals surface area contributed by atoms with Gasteiger partial charge in [0.25, 0.3) is 5.91 Å². The number of carbonyl (C=O) groups is 3. The molecule has 4 fully saturated rings. The molecule has 0 radical (unpaired) electrons. The van der Waals surface area contributed by atoms with Crippen LogP contribution in [0.5, 0.6) is 0 Å². The van der Waals surface area contributed by atoms with Crippen LogP contribution in [0.4, 0.5) is 4.79 Å². The first-order valence-corrected chi connectivity index (χ1v) is 8.65. The smallest absolute Gasteiger partial charge is 0.325 e. The van der Waals surface area contributed by atoms with E-state index in [1.807, 2.05) is 0 Å². The first-order chi connectivity index (χ1) is 11.0. The number of halogens is 1. The van der Waals surface area contributed by atoms with Crippen LogP contribution in [0.1, 0.15) is 45.4 Å². The second-order valence-corrected chi connectivity index (χ2v) is 7.67. The summed E-state index contributed by atoms with van der Waals surface area (Å²) < 4.78 is 0. The normalized spacial score (nSPS) is 37.9. The molecule has 1 aliphatic carbocycles. The van der Waals surface area contributed by atoms with Gasteiger partial charge in [-0.3, -0.25) is 14.5 Å². The maximum Gasteiger partial charge on any atom is 0.325 e. The zero-order valence-electron chi connectivity index (χ0n) is 13.8. The van der Waals surface area contributed by atoms with E-state index in [0.29, 0.717) is 12.1 Å². The van der Waals surface area contributed by atoms with Crippen LogP contribution in [-0.2, 0) is 9.59 Å². The minimum Gasteiger partial charge on any atom is -0.352 e. The highest BCUT2D eigenvalue weighted by molar-refractivity contribution is 6.09. The number of hydrogen-bond acceptors (Lipinski definition) is 4. The van der Waals surface area contributed by atoms with Crippen LogP contribution < -0.4 is 16.0 Å². The van der Waals surface area contributed by atoms with Crippen LogP contribution in [-0.4, -0.2) is 53.0 Å². The van der Waals surface area contributed by atoms with E-state index in [0.717, 1.165) is 30.6 Å². The molecule has 0 aromatic carbocycles. The number of carbonyl (C=O) groups excluding carboxylic acids is 3. The second-order valence-electron chi connectivity index (χ2n) is 7.67. The zero-order chi connectivity index (χ0) is 16.2. The largest absolute Gasteiger partial charge is 0.352 e. The minimum atomic E-state index is -0.814. The molecule has 24 heavy (non-hydrogen) atoms. The van der Waals surface area contributed by atoms with E-state index in [1.54, 1.807) is 6.92 Å². The molecule has 3 aliphatic heterocycles. The summed E-state index contributed by atoms with van der Waals surface area (Å²) >= 11 is 0. The Balaban J connectivity index is 0.00000169. The van der Waals surface area contributed by atoms with Gasteiger partial charge in [-0.05, 0) is 51.4 Å². The molecule has 3 heterocycles. The van der Waals surface area contributed by atoms with Crippen molar-refractivity contribution in [1.29, 1.82) is 0 Å². The van der Waals surface area contributed by atoms with Gasteiger partial charge in [-0.15, -0.1) is 12.4 Å². The molecule has 2 bridgehead atoms. The number of imide groups is 1. The average Bonchev–Trinajstić information content (AvgIpc) is 3.26. The molecule has 134 valence electrons. The van der Waals surface area contributed by atoms with Crippen molar-refractivity contribution in [2.45, 2.75) is 69.1 Å². The van der Waals surface area contributed by atoms with Crippen LogP contribution in [0, 0.1) is 5.92 Å². The monoisotopic (exact) mass is 356 g/mol. The highest BCUT2D eigenvalue weighted by atomic mass is 35.5. The minimum absolute atomic E-state index is 0. The van der Waals surface area contributed by atoms with Gasteiger partial charge in [0.15, 0.2) is 0 Å². The van der Waals surface area contributed by atoms with Gasteiger partial charge in [0.05, 0.1) is 0 Å². The van der Waals surface area contributed by atoms with Crippen molar-refractivity contribution in [2.24, 2.45) is 5.92 Å². The Morgan fingerprint density at radius 3 is 2.42 bits per heavy atom. The Labute approximate surface area is 147 Å². The van der Waals surface area contributed by atoms with E-state index in [1.165, 1.54) is 12.8 Å². The molecule has 0 aromatic heterocycles. The van der Waals surface area contributed by atoms with Crippen molar-refractivity contribution < 1.29 is 14.4 Å². The third-order valence-electron chi connectivity index (χ3n) is 5.83. The average molecular weight is 357 g/mol. The van der Waals surface area contributed by atoms with Crippen LogP contribution in [0.25, 0.3) is 0 Å². The number of fused-ring (bicyclic) bond motifs is 2. The maximum atomic E-state index is 12.5. The first-order valence-electron chi connectivity index (χ1n) is 8.65. The Kier molecular flexibility index (Phi) is 4.51.